The third kappa shape index (κ3) is 3.52. The molecule has 0 radical (unpaired) electrons. The van der Waals surface area contributed by atoms with Gasteiger partial charge in [0.05, 0.1) is 40.0 Å². The minimum Gasteiger partial charge on any atom is -0.465 e. The van der Waals surface area contributed by atoms with E-state index in [-0.39, 0.29) is 5.82 Å². The van der Waals surface area contributed by atoms with Crippen LogP contribution in [0, 0.1) is 0 Å². The van der Waals surface area contributed by atoms with Gasteiger partial charge in [-0.15, -0.1) is 21.5 Å². The number of imidazole rings is 1. The average molecular weight is 561 g/mol. The number of furan rings is 1. The molecule has 0 saturated carbocycles. The summed E-state index contributed by atoms with van der Waals surface area (Å²) in [6, 6.07) is 11.5. The number of aromatic amines is 3. The summed E-state index contributed by atoms with van der Waals surface area (Å²) in [5.41, 5.74) is 1.79. The molecule has 0 aliphatic carbocycles. The molecule has 7 aromatic rings. The Bertz CT molecular complexity index is 1980. The smallest absolute Gasteiger partial charge is 0.238 e. The number of H-pyrrole nitrogens is 3. The highest BCUT2D eigenvalue weighted by Gasteiger charge is 2.54. The Morgan fingerprint density at radius 2 is 1.88 bits per heavy atom. The summed E-state index contributed by atoms with van der Waals surface area (Å²) in [6.07, 6.45) is 11.3. The Kier molecular flexibility index (Phi) is 5.14. The number of tetrazole rings is 1. The number of aromatic nitrogens is 12. The van der Waals surface area contributed by atoms with E-state index in [1.54, 1.807) is 49.5 Å². The molecule has 15 heteroatoms. The van der Waals surface area contributed by atoms with Crippen LogP contribution in [0.25, 0.3) is 32.7 Å². The molecule has 7 heterocycles. The largest absolute Gasteiger partial charge is 0.465 e. The van der Waals surface area contributed by atoms with Gasteiger partial charge in [0, 0.05) is 30.4 Å². The van der Waals surface area contributed by atoms with Crippen molar-refractivity contribution >= 4 is 44.0 Å². The van der Waals surface area contributed by atoms with Gasteiger partial charge in [0.1, 0.15) is 22.2 Å². The van der Waals surface area contributed by atoms with Crippen LogP contribution < -0.4 is 0 Å². The second kappa shape index (κ2) is 9.13. The number of hydrogen-bond donors (Lipinski definition) is 3. The Morgan fingerprint density at radius 1 is 0.902 bits per heavy atom. The molecule has 1 unspecified atom stereocenters. The van der Waals surface area contributed by atoms with Gasteiger partial charge in [0.2, 0.25) is 11.4 Å². The van der Waals surface area contributed by atoms with Crippen LogP contribution in [0.4, 0.5) is 0 Å². The lowest BCUT2D eigenvalue weighted by Gasteiger charge is -2.39. The maximum atomic E-state index is 7.08. The molecule has 0 fully saturated rings. The number of nitrogens with one attached hydrogen (secondary N) is 3. The lowest BCUT2D eigenvalue weighted by atomic mass is 9.79. The van der Waals surface area contributed by atoms with Gasteiger partial charge in [-0.1, -0.05) is 12.1 Å². The number of ether oxygens (including phenoxy) is 1. The van der Waals surface area contributed by atoms with Crippen molar-refractivity contribution in [2.75, 3.05) is 0 Å². The van der Waals surface area contributed by atoms with Gasteiger partial charge in [-0.2, -0.15) is 20.6 Å². The van der Waals surface area contributed by atoms with E-state index in [9.17, 15) is 0 Å². The lowest BCUT2D eigenvalue weighted by Crippen LogP contribution is -2.37. The van der Waals surface area contributed by atoms with E-state index in [0.717, 1.165) is 10.2 Å². The number of para-hydroxylation sites is 1. The molecule has 0 saturated heterocycles. The van der Waals surface area contributed by atoms with E-state index in [2.05, 4.69) is 51.0 Å². The van der Waals surface area contributed by atoms with Crippen molar-refractivity contribution in [1.82, 2.24) is 61.0 Å². The van der Waals surface area contributed by atoms with Gasteiger partial charge >= 0.3 is 0 Å². The topological polar surface area (TPSA) is 186 Å². The molecule has 0 spiro atoms. The molecule has 0 amide bonds. The zero-order valence-corrected chi connectivity index (χ0v) is 21.6. The van der Waals surface area contributed by atoms with Crippen molar-refractivity contribution in [2.45, 2.75) is 5.60 Å². The van der Waals surface area contributed by atoms with E-state index >= 15 is 0 Å². The summed E-state index contributed by atoms with van der Waals surface area (Å²) in [5.74, 6) is 1.48. The van der Waals surface area contributed by atoms with Crippen molar-refractivity contribution < 1.29 is 9.15 Å². The van der Waals surface area contributed by atoms with Crippen LogP contribution in [0.5, 0.6) is 0 Å². The molecule has 6 aromatic heterocycles. The molecular weight excluding hydrogens is 544 g/mol. The summed E-state index contributed by atoms with van der Waals surface area (Å²) in [6.45, 7) is 0. The number of nitrogens with zero attached hydrogens (tertiary/aromatic N) is 9. The summed E-state index contributed by atoms with van der Waals surface area (Å²) >= 11 is 1.50. The van der Waals surface area contributed by atoms with Crippen LogP contribution in [0.3, 0.4) is 0 Å². The number of benzene rings is 1. The van der Waals surface area contributed by atoms with Crippen molar-refractivity contribution in [1.29, 1.82) is 0 Å². The van der Waals surface area contributed by atoms with Crippen LogP contribution in [-0.2, 0) is 10.3 Å². The zero-order chi connectivity index (χ0) is 27.2. The Hall–Kier alpha value is -5.83. The van der Waals surface area contributed by atoms with Crippen LogP contribution in [0.2, 0.25) is 0 Å². The summed E-state index contributed by atoms with van der Waals surface area (Å²) < 4.78 is 14.2. The summed E-state index contributed by atoms with van der Waals surface area (Å²) in [4.78, 5) is 22.1. The van der Waals surface area contributed by atoms with Crippen molar-refractivity contribution in [3.63, 3.8) is 0 Å². The minimum absolute atomic E-state index is 0.250. The van der Waals surface area contributed by atoms with Gasteiger partial charge in [0.15, 0.2) is 11.5 Å². The van der Waals surface area contributed by atoms with Gasteiger partial charge in [-0.05, 0) is 29.5 Å². The van der Waals surface area contributed by atoms with Crippen molar-refractivity contribution in [2.24, 2.45) is 0 Å². The molecule has 1 aliphatic rings. The standard InChI is InChI=1S/C26H16N12O2S/c1-2-5-16-14(4-1)32-25(41-16)21-19(23-29-9-10-30-23)20(24-34-37-38-35-24)22(15-12-31-36-33-15)40-26(21,18-6-3-11-39-18)17-13-27-7-8-28-17/h1-13H,(H,29,30)(H,31,33,36)(H,34,35,37,38). The Labute approximate surface area is 233 Å². The predicted molar refractivity (Wildman–Crippen MR) is 145 cm³/mol. The Morgan fingerprint density at radius 3 is 2.61 bits per heavy atom. The fraction of sp³-hybridized carbons (Fsp3) is 0.0385. The first-order chi connectivity index (χ1) is 20.3. The monoisotopic (exact) mass is 560 g/mol. The molecule has 3 N–H and O–H groups in total. The fourth-order valence-electron chi connectivity index (χ4n) is 4.96. The van der Waals surface area contributed by atoms with Crippen LogP contribution in [-0.4, -0.2) is 61.0 Å². The summed E-state index contributed by atoms with van der Waals surface area (Å²) in [7, 11) is 0. The normalized spacial score (nSPS) is 17.4. The van der Waals surface area contributed by atoms with Gasteiger partial charge < -0.3 is 14.1 Å². The average Bonchev–Trinajstić information content (AvgIpc) is 3.87. The molecular formula is C26H16N12O2S. The number of allylic oxidation sites excluding steroid dienone is 2. The minimum atomic E-state index is -1.50. The third-order valence-corrected chi connectivity index (χ3v) is 7.64. The second-order valence-electron chi connectivity index (χ2n) is 8.82. The van der Waals surface area contributed by atoms with E-state index in [1.165, 1.54) is 11.3 Å². The summed E-state index contributed by atoms with van der Waals surface area (Å²) in [5, 5.41) is 26.7. The molecule has 1 aromatic carbocycles. The third-order valence-electron chi connectivity index (χ3n) is 6.59. The highest BCUT2D eigenvalue weighted by Crippen LogP contribution is 2.57. The quantitative estimate of drug-likeness (QED) is 0.270. The van der Waals surface area contributed by atoms with E-state index in [0.29, 0.717) is 50.5 Å². The van der Waals surface area contributed by atoms with E-state index in [4.69, 9.17) is 19.1 Å². The number of thiazole rings is 1. The van der Waals surface area contributed by atoms with Crippen LogP contribution in [0.15, 0.2) is 84.3 Å². The fourth-order valence-corrected chi connectivity index (χ4v) is 6.02. The molecule has 0 bridgehead atoms. The van der Waals surface area contributed by atoms with E-state index < -0.39 is 5.60 Å². The maximum absolute atomic E-state index is 7.08. The number of hydrogen-bond acceptors (Lipinski definition) is 12. The molecule has 8 rings (SSSR count). The first kappa shape index (κ1) is 23.1. The number of fused-ring (bicyclic) bond motifs is 1. The Balaban J connectivity index is 1.60. The van der Waals surface area contributed by atoms with Crippen LogP contribution in [0.1, 0.15) is 33.8 Å². The molecule has 14 nitrogen and oxygen atoms in total. The van der Waals surface area contributed by atoms with Crippen molar-refractivity contribution in [3.8, 4) is 0 Å². The first-order valence-corrected chi connectivity index (χ1v) is 13.1. The SMILES string of the molecule is c1coc(C2(c3cnccn3)OC(c3cn[nH]n3)=C(c3nn[nH]n3)C(c3ncc[nH]3)=C2c2nc3ccccc3s2)c1. The van der Waals surface area contributed by atoms with Gasteiger partial charge in [-0.3, -0.25) is 9.97 Å². The number of rotatable bonds is 6. The van der Waals surface area contributed by atoms with Crippen molar-refractivity contribution in [3.05, 3.63) is 114 Å². The van der Waals surface area contributed by atoms with Gasteiger partial charge in [-0.25, -0.2) is 9.97 Å². The highest BCUT2D eigenvalue weighted by atomic mass is 32.1. The second-order valence-corrected chi connectivity index (χ2v) is 9.85. The molecule has 1 aliphatic heterocycles. The molecule has 198 valence electrons. The van der Waals surface area contributed by atoms with Gasteiger partial charge in [0.25, 0.3) is 0 Å². The molecule has 1 atom stereocenters. The predicted octanol–water partition coefficient (Wildman–Crippen LogP) is 3.49. The lowest BCUT2D eigenvalue weighted by molar-refractivity contribution is 0.106. The zero-order valence-electron chi connectivity index (χ0n) is 20.8. The maximum Gasteiger partial charge on any atom is 0.238 e. The van der Waals surface area contributed by atoms with Crippen LogP contribution >= 0.6 is 11.3 Å². The van der Waals surface area contributed by atoms with E-state index in [1.807, 2.05) is 30.3 Å². The first-order valence-electron chi connectivity index (χ1n) is 12.3. The molecule has 41 heavy (non-hydrogen) atoms. The highest BCUT2D eigenvalue weighted by molar-refractivity contribution is 7.19.